The van der Waals surface area contributed by atoms with Gasteiger partial charge in [0.2, 0.25) is 0 Å². The smallest absolute Gasteiger partial charge is 0.333 e. The minimum Gasteiger partial charge on any atom is -0.459 e. The SMILES string of the molecule is C=C(CC1CO1)C(=O)OCC1CO1. The van der Waals surface area contributed by atoms with Crippen molar-refractivity contribution in [1.29, 1.82) is 0 Å². The minimum atomic E-state index is -0.328. The summed E-state index contributed by atoms with van der Waals surface area (Å²) in [6, 6.07) is 0. The van der Waals surface area contributed by atoms with Gasteiger partial charge in [0.1, 0.15) is 12.7 Å². The number of esters is 1. The zero-order chi connectivity index (χ0) is 9.26. The third-order valence-electron chi connectivity index (χ3n) is 1.97. The van der Waals surface area contributed by atoms with Gasteiger partial charge < -0.3 is 14.2 Å². The van der Waals surface area contributed by atoms with Crippen molar-refractivity contribution in [2.45, 2.75) is 18.6 Å². The fourth-order valence-electron chi connectivity index (χ4n) is 0.979. The van der Waals surface area contributed by atoms with Crippen LogP contribution in [0.1, 0.15) is 6.42 Å². The Kier molecular flexibility index (Phi) is 2.33. The van der Waals surface area contributed by atoms with Crippen LogP contribution in [0.3, 0.4) is 0 Å². The number of hydrogen-bond acceptors (Lipinski definition) is 4. The Hall–Kier alpha value is -0.870. The maximum absolute atomic E-state index is 11.2. The number of hydrogen-bond donors (Lipinski definition) is 0. The highest BCUT2D eigenvalue weighted by Crippen LogP contribution is 2.19. The van der Waals surface area contributed by atoms with Gasteiger partial charge in [-0.25, -0.2) is 4.79 Å². The maximum Gasteiger partial charge on any atom is 0.333 e. The van der Waals surface area contributed by atoms with Crippen molar-refractivity contribution in [3.63, 3.8) is 0 Å². The van der Waals surface area contributed by atoms with Crippen molar-refractivity contribution < 1.29 is 19.0 Å². The summed E-state index contributed by atoms with van der Waals surface area (Å²) in [6.45, 7) is 5.42. The fourth-order valence-corrected chi connectivity index (χ4v) is 0.979. The van der Waals surface area contributed by atoms with Crippen LogP contribution in [0.5, 0.6) is 0 Å². The highest BCUT2D eigenvalue weighted by Gasteiger charge is 2.28. The highest BCUT2D eigenvalue weighted by atomic mass is 16.6. The summed E-state index contributed by atoms with van der Waals surface area (Å²) in [5, 5.41) is 0. The van der Waals surface area contributed by atoms with Gasteiger partial charge in [0.05, 0.1) is 19.3 Å². The van der Waals surface area contributed by atoms with Gasteiger partial charge in [0, 0.05) is 12.0 Å². The molecule has 0 N–H and O–H groups in total. The largest absolute Gasteiger partial charge is 0.459 e. The van der Waals surface area contributed by atoms with E-state index < -0.39 is 0 Å². The van der Waals surface area contributed by atoms with E-state index in [1.54, 1.807) is 0 Å². The number of epoxide rings is 2. The molecular weight excluding hydrogens is 172 g/mol. The second-order valence-corrected chi connectivity index (χ2v) is 3.32. The van der Waals surface area contributed by atoms with E-state index in [0.717, 1.165) is 6.61 Å². The Morgan fingerprint density at radius 2 is 2.00 bits per heavy atom. The van der Waals surface area contributed by atoms with Crippen molar-refractivity contribution in [2.24, 2.45) is 0 Å². The first-order chi connectivity index (χ1) is 6.25. The standard InChI is InChI=1S/C9H12O4/c1-6(2-7-3-11-7)9(10)13-5-8-4-12-8/h7-8H,1-5H2. The average Bonchev–Trinajstić information content (AvgIpc) is 2.94. The molecule has 0 saturated carbocycles. The van der Waals surface area contributed by atoms with Crippen molar-refractivity contribution in [3.05, 3.63) is 12.2 Å². The summed E-state index contributed by atoms with van der Waals surface area (Å²) in [4.78, 5) is 11.2. The summed E-state index contributed by atoms with van der Waals surface area (Å²) in [5.41, 5.74) is 0.489. The molecule has 4 nitrogen and oxygen atoms in total. The van der Waals surface area contributed by atoms with Gasteiger partial charge in [-0.3, -0.25) is 0 Å². The minimum absolute atomic E-state index is 0.119. The molecule has 0 aromatic rings. The van der Waals surface area contributed by atoms with Crippen LogP contribution >= 0.6 is 0 Å². The van der Waals surface area contributed by atoms with Crippen LogP contribution in [-0.2, 0) is 19.0 Å². The van der Waals surface area contributed by atoms with Gasteiger partial charge in [-0.1, -0.05) is 6.58 Å². The third kappa shape index (κ3) is 2.82. The van der Waals surface area contributed by atoms with E-state index in [4.69, 9.17) is 14.2 Å². The molecule has 2 aliphatic rings. The van der Waals surface area contributed by atoms with Crippen molar-refractivity contribution >= 4 is 5.97 Å². The molecule has 2 fully saturated rings. The molecule has 0 radical (unpaired) electrons. The zero-order valence-corrected chi connectivity index (χ0v) is 7.32. The van der Waals surface area contributed by atoms with Gasteiger partial charge in [-0.15, -0.1) is 0 Å². The van der Waals surface area contributed by atoms with E-state index in [9.17, 15) is 4.79 Å². The van der Waals surface area contributed by atoms with E-state index in [-0.39, 0.29) is 18.2 Å². The molecule has 2 aliphatic heterocycles. The van der Waals surface area contributed by atoms with Crippen LogP contribution in [0.2, 0.25) is 0 Å². The van der Waals surface area contributed by atoms with Crippen LogP contribution < -0.4 is 0 Å². The second-order valence-electron chi connectivity index (χ2n) is 3.32. The molecule has 2 saturated heterocycles. The number of carbonyl (C=O) groups is 1. The van der Waals surface area contributed by atoms with Crippen LogP contribution in [0, 0.1) is 0 Å². The predicted molar refractivity (Wildman–Crippen MR) is 44.2 cm³/mol. The van der Waals surface area contributed by atoms with Crippen molar-refractivity contribution in [3.8, 4) is 0 Å². The zero-order valence-electron chi connectivity index (χ0n) is 7.32. The summed E-state index contributed by atoms with van der Waals surface area (Å²) < 4.78 is 14.8. The van der Waals surface area contributed by atoms with Crippen LogP contribution in [0.25, 0.3) is 0 Å². The first kappa shape index (κ1) is 8.72. The van der Waals surface area contributed by atoms with Crippen LogP contribution in [-0.4, -0.2) is 38.0 Å². The molecule has 2 heterocycles. The first-order valence-electron chi connectivity index (χ1n) is 4.34. The van der Waals surface area contributed by atoms with Gasteiger partial charge in [-0.05, 0) is 0 Å². The summed E-state index contributed by atoms with van der Waals surface area (Å²) in [7, 11) is 0. The predicted octanol–water partition coefficient (Wildman–Crippen LogP) is 0.273. The van der Waals surface area contributed by atoms with Crippen LogP contribution in [0.15, 0.2) is 12.2 Å². The third-order valence-corrected chi connectivity index (χ3v) is 1.97. The molecule has 13 heavy (non-hydrogen) atoms. The second kappa shape index (κ2) is 3.47. The van der Waals surface area contributed by atoms with E-state index >= 15 is 0 Å². The molecule has 2 atom stereocenters. The van der Waals surface area contributed by atoms with Gasteiger partial charge in [0.25, 0.3) is 0 Å². The molecule has 0 aliphatic carbocycles. The highest BCUT2D eigenvalue weighted by molar-refractivity contribution is 5.87. The average molecular weight is 184 g/mol. The number of ether oxygens (including phenoxy) is 3. The van der Waals surface area contributed by atoms with Gasteiger partial charge >= 0.3 is 5.97 Å². The Morgan fingerprint density at radius 1 is 1.38 bits per heavy atom. The number of rotatable bonds is 5. The normalized spacial score (nSPS) is 29.5. The van der Waals surface area contributed by atoms with Crippen molar-refractivity contribution in [2.75, 3.05) is 19.8 Å². The lowest BCUT2D eigenvalue weighted by atomic mass is 10.2. The molecule has 0 aromatic heterocycles. The maximum atomic E-state index is 11.2. The lowest BCUT2D eigenvalue weighted by Crippen LogP contribution is -2.12. The van der Waals surface area contributed by atoms with Crippen LogP contribution in [0.4, 0.5) is 0 Å². The van der Waals surface area contributed by atoms with Crippen molar-refractivity contribution in [1.82, 2.24) is 0 Å². The quantitative estimate of drug-likeness (QED) is 0.349. The van der Waals surface area contributed by atoms with E-state index in [2.05, 4.69) is 6.58 Å². The Bertz CT molecular complexity index is 228. The van der Waals surface area contributed by atoms with Gasteiger partial charge in [0.15, 0.2) is 0 Å². The fraction of sp³-hybridized carbons (Fsp3) is 0.667. The van der Waals surface area contributed by atoms with E-state index in [1.165, 1.54) is 0 Å². The lowest BCUT2D eigenvalue weighted by molar-refractivity contribution is -0.139. The van der Waals surface area contributed by atoms with E-state index in [1.807, 2.05) is 0 Å². The molecule has 0 aromatic carbocycles. The molecule has 0 amide bonds. The number of carbonyl (C=O) groups excluding carboxylic acids is 1. The first-order valence-corrected chi connectivity index (χ1v) is 4.34. The Morgan fingerprint density at radius 3 is 2.54 bits per heavy atom. The molecule has 0 spiro atoms. The monoisotopic (exact) mass is 184 g/mol. The topological polar surface area (TPSA) is 51.4 Å². The molecule has 4 heteroatoms. The van der Waals surface area contributed by atoms with E-state index in [0.29, 0.717) is 25.2 Å². The Labute approximate surface area is 76.5 Å². The Balaban J connectivity index is 1.64. The lowest BCUT2D eigenvalue weighted by Gasteiger charge is -2.03. The molecular formula is C9H12O4. The summed E-state index contributed by atoms with van der Waals surface area (Å²) in [5.74, 6) is -0.328. The summed E-state index contributed by atoms with van der Waals surface area (Å²) >= 11 is 0. The molecule has 0 bridgehead atoms. The van der Waals surface area contributed by atoms with Gasteiger partial charge in [-0.2, -0.15) is 0 Å². The summed E-state index contributed by atoms with van der Waals surface area (Å²) in [6.07, 6.45) is 0.899. The molecule has 72 valence electrons. The molecule has 2 rings (SSSR count). The molecule has 2 unspecified atom stereocenters.